The summed E-state index contributed by atoms with van der Waals surface area (Å²) in [5.74, 6) is 2.61. The van der Waals surface area contributed by atoms with Crippen LogP contribution < -0.4 is 10.6 Å². The van der Waals surface area contributed by atoms with Gasteiger partial charge in [-0.25, -0.2) is 4.99 Å². The van der Waals surface area contributed by atoms with Gasteiger partial charge in [-0.2, -0.15) is 0 Å². The van der Waals surface area contributed by atoms with E-state index < -0.39 is 0 Å². The van der Waals surface area contributed by atoms with Crippen LogP contribution in [0.15, 0.2) is 35.3 Å². The van der Waals surface area contributed by atoms with Crippen LogP contribution in [0, 0.1) is 6.92 Å². The Morgan fingerprint density at radius 1 is 1.13 bits per heavy atom. The second kappa shape index (κ2) is 10.2. The van der Waals surface area contributed by atoms with E-state index in [4.69, 9.17) is 9.73 Å². The van der Waals surface area contributed by atoms with Crippen LogP contribution in [0.25, 0.3) is 0 Å². The molecule has 8 heteroatoms. The van der Waals surface area contributed by atoms with E-state index in [1.807, 2.05) is 18.5 Å². The summed E-state index contributed by atoms with van der Waals surface area (Å²) in [5.41, 5.74) is 1.63. The molecule has 2 fully saturated rings. The SMILES string of the molecule is Cc1nnc(CN=C(NCCN2CCOCC2)NCC2(c3ccccc3)CCC2)n1C. The summed E-state index contributed by atoms with van der Waals surface area (Å²) in [7, 11) is 1.98. The number of rotatable bonds is 8. The Morgan fingerprint density at radius 2 is 1.90 bits per heavy atom. The minimum atomic E-state index is 0.204. The Hall–Kier alpha value is -2.45. The van der Waals surface area contributed by atoms with E-state index in [1.165, 1.54) is 24.8 Å². The highest BCUT2D eigenvalue weighted by atomic mass is 16.5. The number of hydrogen-bond acceptors (Lipinski definition) is 5. The Balaban J connectivity index is 1.39. The molecule has 1 saturated carbocycles. The molecular formula is C23H35N7O. The molecule has 0 atom stereocenters. The van der Waals surface area contributed by atoms with Crippen molar-refractivity contribution >= 4 is 5.96 Å². The van der Waals surface area contributed by atoms with Crippen molar-refractivity contribution in [2.45, 2.75) is 38.1 Å². The Kier molecular flexibility index (Phi) is 7.19. The second-order valence-corrected chi connectivity index (χ2v) is 8.62. The number of nitrogens with zero attached hydrogens (tertiary/aromatic N) is 5. The fourth-order valence-electron chi connectivity index (χ4n) is 4.29. The van der Waals surface area contributed by atoms with Gasteiger partial charge in [-0.05, 0) is 25.3 Å². The third-order valence-corrected chi connectivity index (χ3v) is 6.68. The van der Waals surface area contributed by atoms with Gasteiger partial charge in [0.15, 0.2) is 11.8 Å². The summed E-state index contributed by atoms with van der Waals surface area (Å²) in [4.78, 5) is 7.26. The van der Waals surface area contributed by atoms with Crippen molar-refractivity contribution in [3.63, 3.8) is 0 Å². The van der Waals surface area contributed by atoms with Gasteiger partial charge < -0.3 is 19.9 Å². The van der Waals surface area contributed by atoms with Gasteiger partial charge in [-0.3, -0.25) is 4.90 Å². The van der Waals surface area contributed by atoms with E-state index in [1.54, 1.807) is 0 Å². The first-order valence-electron chi connectivity index (χ1n) is 11.4. The maximum Gasteiger partial charge on any atom is 0.191 e. The molecule has 4 rings (SSSR count). The minimum Gasteiger partial charge on any atom is -0.379 e. The molecule has 0 unspecified atom stereocenters. The Morgan fingerprint density at radius 3 is 2.55 bits per heavy atom. The molecule has 1 aromatic heterocycles. The van der Waals surface area contributed by atoms with Crippen LogP contribution in [-0.2, 0) is 23.7 Å². The molecule has 1 saturated heterocycles. The number of aromatic nitrogens is 3. The van der Waals surface area contributed by atoms with Crippen molar-refractivity contribution in [1.82, 2.24) is 30.3 Å². The number of aryl methyl sites for hydroxylation is 1. The summed E-state index contributed by atoms with van der Waals surface area (Å²) in [6, 6.07) is 10.9. The van der Waals surface area contributed by atoms with Gasteiger partial charge in [0.2, 0.25) is 0 Å². The van der Waals surface area contributed by atoms with Crippen molar-refractivity contribution in [1.29, 1.82) is 0 Å². The average molecular weight is 426 g/mol. The number of aliphatic imine (C=N–C) groups is 1. The lowest BCUT2D eigenvalue weighted by Gasteiger charge is -2.43. The molecule has 8 nitrogen and oxygen atoms in total. The molecule has 1 aromatic carbocycles. The van der Waals surface area contributed by atoms with Crippen molar-refractivity contribution in [2.75, 3.05) is 45.9 Å². The van der Waals surface area contributed by atoms with E-state index in [-0.39, 0.29) is 5.41 Å². The van der Waals surface area contributed by atoms with Crippen molar-refractivity contribution in [3.8, 4) is 0 Å². The van der Waals surface area contributed by atoms with Crippen molar-refractivity contribution in [3.05, 3.63) is 47.5 Å². The molecule has 2 aliphatic rings. The molecule has 0 bridgehead atoms. The lowest BCUT2D eigenvalue weighted by atomic mass is 9.64. The molecule has 2 aromatic rings. The Labute approximate surface area is 185 Å². The van der Waals surface area contributed by atoms with Crippen LogP contribution in [-0.4, -0.2) is 71.6 Å². The summed E-state index contributed by atoms with van der Waals surface area (Å²) >= 11 is 0. The smallest absolute Gasteiger partial charge is 0.191 e. The predicted molar refractivity (Wildman–Crippen MR) is 122 cm³/mol. The van der Waals surface area contributed by atoms with Crippen molar-refractivity contribution in [2.24, 2.45) is 12.0 Å². The molecule has 31 heavy (non-hydrogen) atoms. The third-order valence-electron chi connectivity index (χ3n) is 6.68. The first-order valence-corrected chi connectivity index (χ1v) is 11.4. The number of morpholine rings is 1. The molecule has 2 N–H and O–H groups in total. The average Bonchev–Trinajstić information content (AvgIpc) is 3.10. The predicted octanol–water partition coefficient (Wildman–Crippen LogP) is 1.61. The normalized spacial score (nSPS) is 19.1. The fourth-order valence-corrected chi connectivity index (χ4v) is 4.29. The van der Waals surface area contributed by atoms with E-state index in [2.05, 4.69) is 56.1 Å². The van der Waals surface area contributed by atoms with Crippen LogP contribution in [0.3, 0.4) is 0 Å². The summed E-state index contributed by atoms with van der Waals surface area (Å²) in [6.45, 7) is 8.82. The van der Waals surface area contributed by atoms with Gasteiger partial charge in [0.25, 0.3) is 0 Å². The van der Waals surface area contributed by atoms with E-state index >= 15 is 0 Å². The summed E-state index contributed by atoms with van der Waals surface area (Å²) in [5, 5.41) is 15.6. The van der Waals surface area contributed by atoms with E-state index in [0.29, 0.717) is 6.54 Å². The number of nitrogens with one attached hydrogen (secondary N) is 2. The van der Waals surface area contributed by atoms with Crippen LogP contribution in [0.2, 0.25) is 0 Å². The van der Waals surface area contributed by atoms with Crippen molar-refractivity contribution < 1.29 is 4.74 Å². The first kappa shape index (κ1) is 21.8. The van der Waals surface area contributed by atoms with Gasteiger partial charge in [-0.15, -0.1) is 10.2 Å². The highest BCUT2D eigenvalue weighted by molar-refractivity contribution is 5.79. The van der Waals surface area contributed by atoms with E-state index in [0.717, 1.165) is 63.5 Å². The molecule has 0 amide bonds. The molecule has 1 aliphatic carbocycles. The highest BCUT2D eigenvalue weighted by Gasteiger charge is 2.38. The summed E-state index contributed by atoms with van der Waals surface area (Å²) in [6.07, 6.45) is 3.72. The minimum absolute atomic E-state index is 0.204. The zero-order valence-electron chi connectivity index (χ0n) is 18.8. The number of ether oxygens (including phenoxy) is 1. The number of guanidine groups is 1. The number of benzene rings is 1. The standard InChI is InChI=1S/C23H35N7O/c1-19-27-28-21(29(19)2)17-25-22(24-11-12-30-13-15-31-16-14-30)26-18-23(9-6-10-23)20-7-4-3-5-8-20/h3-5,7-8H,6,9-18H2,1-2H3,(H2,24,25,26). The molecule has 1 aliphatic heterocycles. The van der Waals surface area contributed by atoms with Crippen LogP contribution in [0.4, 0.5) is 0 Å². The van der Waals surface area contributed by atoms with Crippen LogP contribution in [0.1, 0.15) is 36.5 Å². The second-order valence-electron chi connectivity index (χ2n) is 8.62. The van der Waals surface area contributed by atoms with Gasteiger partial charge in [0.1, 0.15) is 12.4 Å². The van der Waals surface area contributed by atoms with Gasteiger partial charge in [0.05, 0.1) is 13.2 Å². The number of hydrogen-bond donors (Lipinski definition) is 2. The summed E-state index contributed by atoms with van der Waals surface area (Å²) < 4.78 is 7.44. The molecule has 0 radical (unpaired) electrons. The van der Waals surface area contributed by atoms with E-state index in [9.17, 15) is 0 Å². The van der Waals surface area contributed by atoms with Gasteiger partial charge in [0, 0.05) is 45.2 Å². The molecule has 0 spiro atoms. The quantitative estimate of drug-likeness (QED) is 0.494. The Bertz CT molecular complexity index is 854. The molecule has 168 valence electrons. The van der Waals surface area contributed by atoms with Crippen LogP contribution >= 0.6 is 0 Å². The van der Waals surface area contributed by atoms with Gasteiger partial charge in [-0.1, -0.05) is 36.8 Å². The topological polar surface area (TPSA) is 79.6 Å². The monoisotopic (exact) mass is 425 g/mol. The third kappa shape index (κ3) is 5.43. The lowest BCUT2D eigenvalue weighted by Crippen LogP contribution is -2.50. The zero-order chi connectivity index (χ0) is 21.5. The highest BCUT2D eigenvalue weighted by Crippen LogP contribution is 2.43. The van der Waals surface area contributed by atoms with Gasteiger partial charge >= 0.3 is 0 Å². The molecular weight excluding hydrogens is 390 g/mol. The maximum atomic E-state index is 5.45. The first-order chi connectivity index (χ1) is 15.2. The fraction of sp³-hybridized carbons (Fsp3) is 0.609. The van der Waals surface area contributed by atoms with Crippen LogP contribution in [0.5, 0.6) is 0 Å². The maximum absolute atomic E-state index is 5.45. The zero-order valence-corrected chi connectivity index (χ0v) is 18.8. The molecule has 2 heterocycles. The lowest BCUT2D eigenvalue weighted by molar-refractivity contribution is 0.0389. The largest absolute Gasteiger partial charge is 0.379 e.